The summed E-state index contributed by atoms with van der Waals surface area (Å²) >= 11 is 0. The second-order valence-corrected chi connectivity index (χ2v) is 8.91. The van der Waals surface area contributed by atoms with Gasteiger partial charge in [-0.2, -0.15) is 0 Å². The number of ether oxygens (including phenoxy) is 3. The van der Waals surface area contributed by atoms with E-state index in [2.05, 4.69) is 4.74 Å². The van der Waals surface area contributed by atoms with Crippen molar-refractivity contribution < 1.29 is 41.7 Å². The smallest absolute Gasteiger partial charge is 0.477 e. The number of pyridine rings is 1. The predicted octanol–water partition coefficient (Wildman–Crippen LogP) is 4.13. The van der Waals surface area contributed by atoms with Gasteiger partial charge in [0.1, 0.15) is 17.1 Å². The van der Waals surface area contributed by atoms with Crippen molar-refractivity contribution in [3.63, 3.8) is 0 Å². The van der Waals surface area contributed by atoms with Gasteiger partial charge in [0.05, 0.1) is 24.4 Å². The zero-order valence-corrected chi connectivity index (χ0v) is 19.4. The molecule has 196 valence electrons. The van der Waals surface area contributed by atoms with Crippen LogP contribution in [0.15, 0.2) is 47.4 Å². The van der Waals surface area contributed by atoms with E-state index < -0.39 is 40.7 Å². The van der Waals surface area contributed by atoms with Crippen molar-refractivity contribution in [2.24, 2.45) is 0 Å². The van der Waals surface area contributed by atoms with E-state index in [1.54, 1.807) is 0 Å². The molecule has 1 N–H and O–H groups in total. The number of carboxylic acid groups (broad SMARTS) is 1. The highest BCUT2D eigenvalue weighted by molar-refractivity contribution is 5.93. The number of hydrogen-bond acceptors (Lipinski definition) is 6. The lowest BCUT2D eigenvalue weighted by Gasteiger charge is -2.38. The van der Waals surface area contributed by atoms with Crippen LogP contribution in [0.1, 0.15) is 28.8 Å². The van der Waals surface area contributed by atoms with E-state index in [1.807, 2.05) is 4.90 Å². The van der Waals surface area contributed by atoms with Gasteiger partial charge in [0, 0.05) is 44.1 Å². The maximum Gasteiger partial charge on any atom is 0.573 e. The summed E-state index contributed by atoms with van der Waals surface area (Å²) in [6.07, 6.45) is -2.62. The maximum atomic E-state index is 15.2. The second-order valence-electron chi connectivity index (χ2n) is 8.91. The van der Waals surface area contributed by atoms with Gasteiger partial charge in [0.15, 0.2) is 5.79 Å². The Morgan fingerprint density at radius 3 is 2.32 bits per heavy atom. The molecular formula is C25H22F4N2O6. The van der Waals surface area contributed by atoms with Crippen LogP contribution < -0.4 is 15.1 Å². The highest BCUT2D eigenvalue weighted by Crippen LogP contribution is 2.35. The zero-order chi connectivity index (χ0) is 26.4. The summed E-state index contributed by atoms with van der Waals surface area (Å²) in [7, 11) is 0. The molecule has 1 spiro atoms. The van der Waals surface area contributed by atoms with E-state index in [0.717, 1.165) is 24.4 Å². The van der Waals surface area contributed by atoms with Crippen LogP contribution in [0.3, 0.4) is 0 Å². The molecule has 0 radical (unpaired) electrons. The summed E-state index contributed by atoms with van der Waals surface area (Å²) < 4.78 is 69.4. The fourth-order valence-electron chi connectivity index (χ4n) is 4.79. The molecule has 2 aromatic carbocycles. The van der Waals surface area contributed by atoms with Crippen LogP contribution in [0, 0.1) is 5.82 Å². The third kappa shape index (κ3) is 5.12. The predicted molar refractivity (Wildman–Crippen MR) is 123 cm³/mol. The largest absolute Gasteiger partial charge is 0.573 e. The van der Waals surface area contributed by atoms with Crippen LogP contribution in [-0.4, -0.2) is 54.1 Å². The number of aromatic carboxylic acids is 1. The first-order valence-electron chi connectivity index (χ1n) is 11.5. The molecule has 1 aromatic heterocycles. The lowest BCUT2D eigenvalue weighted by Crippen LogP contribution is -2.45. The summed E-state index contributed by atoms with van der Waals surface area (Å²) in [5.74, 6) is -3.21. The van der Waals surface area contributed by atoms with E-state index >= 15 is 4.39 Å². The third-order valence-corrected chi connectivity index (χ3v) is 6.57. The first-order chi connectivity index (χ1) is 17.5. The molecule has 3 aromatic rings. The van der Waals surface area contributed by atoms with Crippen LogP contribution in [0.4, 0.5) is 23.2 Å². The van der Waals surface area contributed by atoms with Gasteiger partial charge in [0.2, 0.25) is 5.43 Å². The maximum absolute atomic E-state index is 15.2. The number of halogens is 4. The number of rotatable bonds is 5. The zero-order valence-electron chi connectivity index (χ0n) is 19.4. The van der Waals surface area contributed by atoms with Crippen LogP contribution in [0.2, 0.25) is 0 Å². The number of benzene rings is 2. The molecule has 0 bridgehead atoms. The number of anilines is 1. The summed E-state index contributed by atoms with van der Waals surface area (Å²) in [6, 6.07) is 7.57. The topological polar surface area (TPSA) is 90.2 Å². The van der Waals surface area contributed by atoms with E-state index in [0.29, 0.717) is 44.7 Å². The van der Waals surface area contributed by atoms with Crippen molar-refractivity contribution in [1.82, 2.24) is 4.57 Å². The molecule has 0 saturated carbocycles. The standard InChI is InChI=1S/C25H22F4N2O6/c26-19-11-17-20(12-21(19)30-7-5-24(6-8-30)35-9-10-36-24)31(14-18(22(17)32)23(33)34)13-15-1-3-16(4-2-15)37-25(27,28)29/h1-4,11-12,14H,5-10,13H2,(H,33,34). The third-order valence-electron chi connectivity index (χ3n) is 6.57. The van der Waals surface area contributed by atoms with Crippen LogP contribution in [-0.2, 0) is 16.0 Å². The number of hydrogen-bond donors (Lipinski definition) is 1. The fraction of sp³-hybridized carbons (Fsp3) is 0.360. The van der Waals surface area contributed by atoms with Gasteiger partial charge in [-0.25, -0.2) is 9.18 Å². The number of carbonyl (C=O) groups is 1. The minimum absolute atomic E-state index is 0.0131. The van der Waals surface area contributed by atoms with E-state index in [1.165, 1.54) is 22.8 Å². The van der Waals surface area contributed by atoms with Crippen molar-refractivity contribution in [3.8, 4) is 5.75 Å². The average molecular weight is 522 g/mol. The molecule has 3 heterocycles. The quantitative estimate of drug-likeness (QED) is 0.504. The van der Waals surface area contributed by atoms with Gasteiger partial charge in [-0.05, 0) is 29.8 Å². The van der Waals surface area contributed by atoms with Crippen molar-refractivity contribution in [2.45, 2.75) is 31.5 Å². The molecule has 2 saturated heterocycles. The molecule has 8 nitrogen and oxygen atoms in total. The number of alkyl halides is 3. The molecule has 2 aliphatic rings. The molecule has 37 heavy (non-hydrogen) atoms. The Balaban J connectivity index is 1.51. The minimum Gasteiger partial charge on any atom is -0.477 e. The van der Waals surface area contributed by atoms with Crippen molar-refractivity contribution in [2.75, 3.05) is 31.2 Å². The summed E-state index contributed by atoms with van der Waals surface area (Å²) in [5, 5.41) is 9.41. The molecular weight excluding hydrogens is 500 g/mol. The number of carboxylic acids is 1. The van der Waals surface area contributed by atoms with Crippen molar-refractivity contribution >= 4 is 22.6 Å². The fourth-order valence-corrected chi connectivity index (χ4v) is 4.79. The van der Waals surface area contributed by atoms with Crippen LogP contribution in [0.5, 0.6) is 5.75 Å². The molecule has 0 unspecified atom stereocenters. The Labute approximate surface area is 207 Å². The minimum atomic E-state index is -4.84. The molecule has 0 aliphatic carbocycles. The van der Waals surface area contributed by atoms with Crippen LogP contribution in [0.25, 0.3) is 10.9 Å². The number of piperidine rings is 1. The Morgan fingerprint density at radius 2 is 1.73 bits per heavy atom. The average Bonchev–Trinajstić information content (AvgIpc) is 3.29. The molecule has 0 amide bonds. The Kier molecular flexibility index (Phi) is 6.32. The van der Waals surface area contributed by atoms with Crippen molar-refractivity contribution in [1.29, 1.82) is 0 Å². The monoisotopic (exact) mass is 522 g/mol. The Hall–Kier alpha value is -3.64. The van der Waals surface area contributed by atoms with Gasteiger partial charge in [-0.15, -0.1) is 13.2 Å². The van der Waals surface area contributed by atoms with Crippen LogP contribution >= 0.6 is 0 Å². The van der Waals surface area contributed by atoms with Gasteiger partial charge in [-0.1, -0.05) is 12.1 Å². The summed E-state index contributed by atoms with van der Waals surface area (Å²) in [5.41, 5.74) is -0.339. The highest BCUT2D eigenvalue weighted by atomic mass is 19.4. The normalized spacial score (nSPS) is 17.5. The lowest BCUT2D eigenvalue weighted by atomic mass is 10.0. The van der Waals surface area contributed by atoms with E-state index in [9.17, 15) is 27.9 Å². The number of nitrogens with zero attached hydrogens (tertiary/aromatic N) is 2. The van der Waals surface area contributed by atoms with Gasteiger partial charge >= 0.3 is 12.3 Å². The molecule has 0 atom stereocenters. The molecule has 2 fully saturated rings. The number of fused-ring (bicyclic) bond motifs is 1. The van der Waals surface area contributed by atoms with Gasteiger partial charge < -0.3 is 28.8 Å². The second kappa shape index (κ2) is 9.34. The van der Waals surface area contributed by atoms with E-state index in [-0.39, 0.29) is 23.1 Å². The molecule has 12 heteroatoms. The summed E-state index contributed by atoms with van der Waals surface area (Å²) in [6.45, 7) is 1.91. The van der Waals surface area contributed by atoms with Gasteiger partial charge in [-0.3, -0.25) is 4.79 Å². The highest BCUT2D eigenvalue weighted by Gasteiger charge is 2.40. The summed E-state index contributed by atoms with van der Waals surface area (Å²) in [4.78, 5) is 26.4. The van der Waals surface area contributed by atoms with Crippen molar-refractivity contribution in [3.05, 3.63) is 69.8 Å². The lowest BCUT2D eigenvalue weighted by molar-refractivity contribution is -0.274. The number of aromatic nitrogens is 1. The molecule has 5 rings (SSSR count). The SMILES string of the molecule is O=C(O)c1cn(Cc2ccc(OC(F)(F)F)cc2)c2cc(N3CCC4(CC3)OCCO4)c(F)cc2c1=O. The Morgan fingerprint density at radius 1 is 1.08 bits per heavy atom. The van der Waals surface area contributed by atoms with Gasteiger partial charge in [0.25, 0.3) is 0 Å². The first-order valence-corrected chi connectivity index (χ1v) is 11.5. The Bertz CT molecular complexity index is 1390. The first kappa shape index (κ1) is 25.0. The molecule has 2 aliphatic heterocycles. The van der Waals surface area contributed by atoms with E-state index in [4.69, 9.17) is 9.47 Å².